The number of thiophene rings is 1. The predicted molar refractivity (Wildman–Crippen MR) is 80.9 cm³/mol. The predicted octanol–water partition coefficient (Wildman–Crippen LogP) is 1.30. The Hall–Kier alpha value is -1.18. The number of sulfonamides is 1. The first kappa shape index (κ1) is 15.2. The van der Waals surface area contributed by atoms with Gasteiger partial charge in [0.05, 0.1) is 6.26 Å². The topological polar surface area (TPSA) is 66.5 Å². The van der Waals surface area contributed by atoms with Crippen LogP contribution in [-0.2, 0) is 14.8 Å². The summed E-state index contributed by atoms with van der Waals surface area (Å²) in [7, 11) is -3.11. The summed E-state index contributed by atoms with van der Waals surface area (Å²) >= 11 is 1.57. The van der Waals surface area contributed by atoms with Crippen molar-refractivity contribution in [3.05, 3.63) is 28.5 Å². The molecule has 1 N–H and O–H groups in total. The Balaban J connectivity index is 1.79. The zero-order valence-electron chi connectivity index (χ0n) is 11.3. The quantitative estimate of drug-likeness (QED) is 0.852. The summed E-state index contributed by atoms with van der Waals surface area (Å²) in [4.78, 5) is 12.8. The Morgan fingerprint density at radius 3 is 2.70 bits per heavy atom. The van der Waals surface area contributed by atoms with Crippen LogP contribution in [0.4, 0.5) is 0 Å². The number of rotatable bonds is 4. The van der Waals surface area contributed by atoms with Crippen LogP contribution < -0.4 is 5.32 Å². The van der Waals surface area contributed by atoms with Gasteiger partial charge in [-0.25, -0.2) is 12.7 Å². The first-order chi connectivity index (χ1) is 9.45. The van der Waals surface area contributed by atoms with Crippen LogP contribution in [0, 0.1) is 0 Å². The number of nitrogens with one attached hydrogen (secondary N) is 1. The van der Waals surface area contributed by atoms with Crippen LogP contribution in [0.3, 0.4) is 0 Å². The summed E-state index contributed by atoms with van der Waals surface area (Å²) in [5.74, 6) is -0.129. The molecule has 0 atom stereocenters. The summed E-state index contributed by atoms with van der Waals surface area (Å²) in [6, 6.07) is 3.93. The van der Waals surface area contributed by atoms with Gasteiger partial charge < -0.3 is 5.32 Å². The van der Waals surface area contributed by atoms with E-state index in [1.807, 2.05) is 17.5 Å². The third kappa shape index (κ3) is 4.43. The van der Waals surface area contributed by atoms with E-state index < -0.39 is 10.0 Å². The first-order valence-electron chi connectivity index (χ1n) is 6.42. The standard InChI is InChI=1S/C13H18N2O3S2/c1-20(17,18)15-8-6-11(7-9-15)14-13(16)5-4-12-3-2-10-19-12/h2-5,10-11H,6-9H2,1H3,(H,14,16)/b5-4+. The molecule has 0 aliphatic carbocycles. The molecule has 5 nitrogen and oxygen atoms in total. The lowest BCUT2D eigenvalue weighted by Gasteiger charge is -2.30. The van der Waals surface area contributed by atoms with Gasteiger partial charge in [-0.05, 0) is 30.4 Å². The lowest BCUT2D eigenvalue weighted by molar-refractivity contribution is -0.117. The maximum Gasteiger partial charge on any atom is 0.244 e. The highest BCUT2D eigenvalue weighted by molar-refractivity contribution is 7.88. The van der Waals surface area contributed by atoms with Crippen molar-refractivity contribution >= 4 is 33.3 Å². The molecule has 1 aromatic heterocycles. The van der Waals surface area contributed by atoms with E-state index in [-0.39, 0.29) is 11.9 Å². The number of piperidine rings is 1. The van der Waals surface area contributed by atoms with Crippen molar-refractivity contribution in [2.75, 3.05) is 19.3 Å². The zero-order valence-corrected chi connectivity index (χ0v) is 12.9. The van der Waals surface area contributed by atoms with E-state index in [2.05, 4.69) is 5.32 Å². The fourth-order valence-corrected chi connectivity index (χ4v) is 3.62. The summed E-state index contributed by atoms with van der Waals surface area (Å²) in [6.07, 6.45) is 5.84. The molecule has 20 heavy (non-hydrogen) atoms. The summed E-state index contributed by atoms with van der Waals surface area (Å²) in [5.41, 5.74) is 0. The van der Waals surface area contributed by atoms with Gasteiger partial charge in [0.15, 0.2) is 0 Å². The van der Waals surface area contributed by atoms with Crippen LogP contribution in [0.15, 0.2) is 23.6 Å². The molecule has 110 valence electrons. The van der Waals surface area contributed by atoms with Crippen LogP contribution in [0.1, 0.15) is 17.7 Å². The Morgan fingerprint density at radius 2 is 2.15 bits per heavy atom. The van der Waals surface area contributed by atoms with E-state index in [0.717, 1.165) is 4.88 Å². The Morgan fingerprint density at radius 1 is 1.45 bits per heavy atom. The Bertz CT molecular complexity index is 571. The second kappa shape index (κ2) is 6.51. The van der Waals surface area contributed by atoms with E-state index in [9.17, 15) is 13.2 Å². The molecule has 0 saturated carbocycles. The minimum absolute atomic E-state index is 0.0495. The van der Waals surface area contributed by atoms with Crippen LogP contribution in [0.2, 0.25) is 0 Å². The molecule has 0 radical (unpaired) electrons. The molecule has 2 heterocycles. The normalized spacial score (nSPS) is 18.4. The fourth-order valence-electron chi connectivity index (χ4n) is 2.12. The van der Waals surface area contributed by atoms with E-state index in [1.54, 1.807) is 17.4 Å². The van der Waals surface area contributed by atoms with Crippen molar-refractivity contribution in [2.24, 2.45) is 0 Å². The minimum atomic E-state index is -3.11. The number of hydrogen-bond acceptors (Lipinski definition) is 4. The van der Waals surface area contributed by atoms with Crippen molar-refractivity contribution in [2.45, 2.75) is 18.9 Å². The van der Waals surface area contributed by atoms with Gasteiger partial charge in [-0.2, -0.15) is 0 Å². The summed E-state index contributed by atoms with van der Waals surface area (Å²) < 4.78 is 24.2. The van der Waals surface area contributed by atoms with Crippen LogP contribution in [0.5, 0.6) is 0 Å². The number of carbonyl (C=O) groups excluding carboxylic acids is 1. The molecule has 0 spiro atoms. The van der Waals surface area contributed by atoms with E-state index in [0.29, 0.717) is 25.9 Å². The van der Waals surface area contributed by atoms with Gasteiger partial charge in [0, 0.05) is 30.1 Å². The van der Waals surface area contributed by atoms with Gasteiger partial charge in [0.2, 0.25) is 15.9 Å². The molecule has 0 aromatic carbocycles. The summed E-state index contributed by atoms with van der Waals surface area (Å²) in [6.45, 7) is 0.941. The molecule has 1 amide bonds. The number of nitrogens with zero attached hydrogens (tertiary/aromatic N) is 1. The number of amides is 1. The maximum absolute atomic E-state index is 11.8. The SMILES string of the molecule is CS(=O)(=O)N1CCC(NC(=O)/C=C/c2cccs2)CC1. The molecule has 1 aliphatic rings. The van der Waals surface area contributed by atoms with Crippen LogP contribution in [0.25, 0.3) is 6.08 Å². The van der Waals surface area contributed by atoms with E-state index in [1.165, 1.54) is 16.6 Å². The molecular weight excluding hydrogens is 296 g/mol. The van der Waals surface area contributed by atoms with E-state index in [4.69, 9.17) is 0 Å². The molecule has 0 bridgehead atoms. The van der Waals surface area contributed by atoms with Crippen molar-refractivity contribution in [3.63, 3.8) is 0 Å². The molecule has 1 aromatic rings. The monoisotopic (exact) mass is 314 g/mol. The molecule has 2 rings (SSSR count). The smallest absolute Gasteiger partial charge is 0.244 e. The minimum Gasteiger partial charge on any atom is -0.350 e. The van der Waals surface area contributed by atoms with Gasteiger partial charge in [-0.1, -0.05) is 6.07 Å². The Labute approximate surface area is 123 Å². The van der Waals surface area contributed by atoms with Crippen molar-refractivity contribution < 1.29 is 13.2 Å². The highest BCUT2D eigenvalue weighted by Crippen LogP contribution is 2.13. The van der Waals surface area contributed by atoms with Crippen molar-refractivity contribution in [1.29, 1.82) is 0 Å². The number of hydrogen-bond donors (Lipinski definition) is 1. The maximum atomic E-state index is 11.8. The second-order valence-corrected chi connectivity index (χ2v) is 7.76. The molecular formula is C13H18N2O3S2. The second-order valence-electron chi connectivity index (χ2n) is 4.79. The van der Waals surface area contributed by atoms with Gasteiger partial charge in [0.25, 0.3) is 0 Å². The van der Waals surface area contributed by atoms with E-state index >= 15 is 0 Å². The average Bonchev–Trinajstić information content (AvgIpc) is 2.89. The highest BCUT2D eigenvalue weighted by atomic mass is 32.2. The lowest BCUT2D eigenvalue weighted by Crippen LogP contribution is -2.45. The fraction of sp³-hybridized carbons (Fsp3) is 0.462. The molecule has 0 unspecified atom stereocenters. The van der Waals surface area contributed by atoms with Gasteiger partial charge in [-0.15, -0.1) is 11.3 Å². The number of carbonyl (C=O) groups is 1. The average molecular weight is 314 g/mol. The molecule has 1 aliphatic heterocycles. The van der Waals surface area contributed by atoms with Gasteiger partial charge >= 0.3 is 0 Å². The van der Waals surface area contributed by atoms with Gasteiger partial charge in [0.1, 0.15) is 0 Å². The third-order valence-corrected chi connectivity index (χ3v) is 5.35. The highest BCUT2D eigenvalue weighted by Gasteiger charge is 2.25. The van der Waals surface area contributed by atoms with Crippen LogP contribution >= 0.6 is 11.3 Å². The summed E-state index contributed by atoms with van der Waals surface area (Å²) in [5, 5.41) is 4.87. The Kier molecular flexibility index (Phi) is 4.95. The lowest BCUT2D eigenvalue weighted by atomic mass is 10.1. The molecule has 7 heteroatoms. The van der Waals surface area contributed by atoms with Crippen LogP contribution in [-0.4, -0.2) is 44.0 Å². The molecule has 1 fully saturated rings. The first-order valence-corrected chi connectivity index (χ1v) is 9.15. The zero-order chi connectivity index (χ0) is 14.6. The largest absolute Gasteiger partial charge is 0.350 e. The molecule has 1 saturated heterocycles. The van der Waals surface area contributed by atoms with Gasteiger partial charge in [-0.3, -0.25) is 4.79 Å². The third-order valence-electron chi connectivity index (χ3n) is 3.21. The van der Waals surface area contributed by atoms with Crippen molar-refractivity contribution in [3.8, 4) is 0 Å². The van der Waals surface area contributed by atoms with Crippen molar-refractivity contribution in [1.82, 2.24) is 9.62 Å².